The molecule has 32 heavy (non-hydrogen) atoms. The van der Waals surface area contributed by atoms with E-state index < -0.39 is 0 Å². The number of pyridine rings is 1. The van der Waals surface area contributed by atoms with Crippen molar-refractivity contribution < 1.29 is 14.1 Å². The Balaban J connectivity index is 1.62. The summed E-state index contributed by atoms with van der Waals surface area (Å²) in [6.07, 6.45) is 8.08. The Hall–Kier alpha value is -3.49. The van der Waals surface area contributed by atoms with Crippen LogP contribution < -0.4 is 9.64 Å². The highest BCUT2D eigenvalue weighted by atomic mass is 16.5. The lowest BCUT2D eigenvalue weighted by molar-refractivity contribution is -0.132. The van der Waals surface area contributed by atoms with Crippen LogP contribution in [0.15, 0.2) is 35.2 Å². The Labute approximate surface area is 187 Å². The fourth-order valence-electron chi connectivity index (χ4n) is 4.07. The number of anilines is 1. The molecule has 0 saturated carbocycles. The van der Waals surface area contributed by atoms with Crippen LogP contribution in [-0.4, -0.2) is 58.7 Å². The van der Waals surface area contributed by atoms with Crippen LogP contribution in [0.4, 0.5) is 5.95 Å². The maximum absolute atomic E-state index is 13.2. The van der Waals surface area contributed by atoms with Crippen LogP contribution in [-0.2, 0) is 11.2 Å². The highest BCUT2D eigenvalue weighted by Gasteiger charge is 2.33. The zero-order valence-electron chi connectivity index (χ0n) is 18.9. The predicted molar refractivity (Wildman–Crippen MR) is 119 cm³/mol. The van der Waals surface area contributed by atoms with Gasteiger partial charge in [0.25, 0.3) is 5.88 Å². The number of hydrogen-bond acceptors (Lipinski definition) is 8. The lowest BCUT2D eigenvalue weighted by Gasteiger charge is -2.27. The zero-order chi connectivity index (χ0) is 22.7. The molecule has 0 aliphatic carbocycles. The van der Waals surface area contributed by atoms with Crippen LogP contribution in [0, 0.1) is 6.92 Å². The number of ether oxygens (including phenoxy) is 1. The van der Waals surface area contributed by atoms with Crippen molar-refractivity contribution in [2.75, 3.05) is 32.6 Å². The molecule has 1 aliphatic rings. The molecule has 3 aromatic rings. The fourth-order valence-corrected chi connectivity index (χ4v) is 4.07. The summed E-state index contributed by atoms with van der Waals surface area (Å²) in [5.41, 5.74) is 3.91. The number of hydrogen-bond donors (Lipinski definition) is 0. The lowest BCUT2D eigenvalue weighted by Crippen LogP contribution is -2.32. The van der Waals surface area contributed by atoms with E-state index in [2.05, 4.69) is 15.1 Å². The zero-order valence-corrected chi connectivity index (χ0v) is 18.9. The van der Waals surface area contributed by atoms with Gasteiger partial charge in [0.05, 0.1) is 18.8 Å². The van der Waals surface area contributed by atoms with Crippen molar-refractivity contribution in [2.24, 2.45) is 0 Å². The van der Waals surface area contributed by atoms with Crippen LogP contribution in [0.3, 0.4) is 0 Å². The van der Waals surface area contributed by atoms with Crippen LogP contribution in [0.2, 0.25) is 0 Å². The van der Waals surface area contributed by atoms with Crippen LogP contribution >= 0.6 is 0 Å². The molecule has 0 aromatic carbocycles. The Morgan fingerprint density at radius 3 is 2.88 bits per heavy atom. The minimum absolute atomic E-state index is 0.0743. The number of nitrogens with zero attached hydrogens (tertiary/aromatic N) is 6. The third kappa shape index (κ3) is 4.42. The molecule has 1 unspecified atom stereocenters. The van der Waals surface area contributed by atoms with E-state index >= 15 is 0 Å². The minimum atomic E-state index is -0.101. The van der Waals surface area contributed by atoms with E-state index in [1.54, 1.807) is 12.3 Å². The third-order valence-electron chi connectivity index (χ3n) is 5.74. The van der Waals surface area contributed by atoms with Crippen molar-refractivity contribution in [1.82, 2.24) is 25.0 Å². The number of methoxy groups -OCH3 is 1. The second kappa shape index (κ2) is 9.33. The summed E-state index contributed by atoms with van der Waals surface area (Å²) < 4.78 is 10.3. The number of carbonyl (C=O) groups excluding carboxylic acids is 1. The number of amides is 1. The maximum Gasteiger partial charge on any atom is 0.254 e. The molecule has 1 amide bonds. The molecule has 1 aliphatic heterocycles. The molecular formula is C23H28N6O3. The van der Waals surface area contributed by atoms with Gasteiger partial charge < -0.3 is 19.1 Å². The lowest BCUT2D eigenvalue weighted by atomic mass is 9.97. The van der Waals surface area contributed by atoms with Crippen molar-refractivity contribution in [3.63, 3.8) is 0 Å². The molecule has 9 nitrogen and oxygen atoms in total. The Morgan fingerprint density at radius 1 is 1.31 bits per heavy atom. The smallest absolute Gasteiger partial charge is 0.254 e. The highest BCUT2D eigenvalue weighted by Crippen LogP contribution is 2.38. The molecule has 1 fully saturated rings. The molecule has 0 spiro atoms. The van der Waals surface area contributed by atoms with Crippen molar-refractivity contribution in [3.8, 4) is 17.0 Å². The molecule has 168 valence electrons. The number of carbonyl (C=O) groups is 1. The van der Waals surface area contributed by atoms with Gasteiger partial charge in [-0.2, -0.15) is 0 Å². The number of rotatable bonds is 7. The van der Waals surface area contributed by atoms with Gasteiger partial charge in [-0.15, -0.1) is 0 Å². The summed E-state index contributed by atoms with van der Waals surface area (Å²) in [7, 11) is 5.37. The Kier molecular flexibility index (Phi) is 6.34. The van der Waals surface area contributed by atoms with E-state index in [1.807, 2.05) is 49.3 Å². The first-order valence-corrected chi connectivity index (χ1v) is 10.7. The van der Waals surface area contributed by atoms with Gasteiger partial charge in [0.15, 0.2) is 0 Å². The quantitative estimate of drug-likeness (QED) is 0.557. The molecule has 0 N–H and O–H groups in total. The summed E-state index contributed by atoms with van der Waals surface area (Å²) in [5, 5.41) is 3.80. The summed E-state index contributed by atoms with van der Waals surface area (Å²) in [6, 6.07) is 3.59. The molecule has 0 bridgehead atoms. The molecule has 9 heteroatoms. The first-order chi connectivity index (χ1) is 15.5. The maximum atomic E-state index is 13.2. The van der Waals surface area contributed by atoms with Gasteiger partial charge in [-0.05, 0) is 42.1 Å². The minimum Gasteiger partial charge on any atom is -0.479 e. The first-order valence-electron chi connectivity index (χ1n) is 10.7. The number of aromatic nitrogens is 4. The largest absolute Gasteiger partial charge is 0.479 e. The Morgan fingerprint density at radius 2 is 2.16 bits per heavy atom. The van der Waals surface area contributed by atoms with E-state index in [0.717, 1.165) is 35.2 Å². The van der Waals surface area contributed by atoms with Gasteiger partial charge in [0.2, 0.25) is 11.9 Å². The van der Waals surface area contributed by atoms with E-state index in [9.17, 15) is 4.79 Å². The second-order valence-corrected chi connectivity index (χ2v) is 8.13. The number of likely N-dealkylation sites (tertiary alicyclic amines) is 1. The van der Waals surface area contributed by atoms with Crippen molar-refractivity contribution in [1.29, 1.82) is 0 Å². The molecule has 3 aromatic heterocycles. The molecule has 1 saturated heterocycles. The summed E-state index contributed by atoms with van der Waals surface area (Å²) in [6.45, 7) is 2.73. The van der Waals surface area contributed by atoms with Gasteiger partial charge in [-0.25, -0.2) is 9.97 Å². The van der Waals surface area contributed by atoms with Gasteiger partial charge in [0, 0.05) is 63.7 Å². The molecular weight excluding hydrogens is 408 g/mol. The average molecular weight is 437 g/mol. The van der Waals surface area contributed by atoms with E-state index in [4.69, 9.17) is 14.2 Å². The van der Waals surface area contributed by atoms with Crippen LogP contribution in [0.1, 0.15) is 42.3 Å². The van der Waals surface area contributed by atoms with E-state index in [-0.39, 0.29) is 11.9 Å². The average Bonchev–Trinajstić information content (AvgIpc) is 3.47. The van der Waals surface area contributed by atoms with E-state index in [1.165, 1.54) is 7.11 Å². The first kappa shape index (κ1) is 21.7. The SMILES string of the molecule is COc1cc(CCC(=O)N2CCCC2c2nc(N(C)C)ncc2-c2ccncc2C)on1. The monoisotopic (exact) mass is 436 g/mol. The summed E-state index contributed by atoms with van der Waals surface area (Å²) >= 11 is 0. The third-order valence-corrected chi connectivity index (χ3v) is 5.74. The molecule has 1 atom stereocenters. The topological polar surface area (TPSA) is 97.5 Å². The molecule has 4 rings (SSSR count). The standard InChI is InChI=1S/C23H28N6O3/c1-15-13-24-10-9-17(15)18-14-25-23(28(2)3)26-22(18)19-6-5-11-29(19)21(30)8-7-16-12-20(31-4)27-32-16/h9-10,12-14,19H,5-8,11H2,1-4H3. The van der Waals surface area contributed by atoms with Gasteiger partial charge >= 0.3 is 0 Å². The van der Waals surface area contributed by atoms with Crippen LogP contribution in [0.25, 0.3) is 11.1 Å². The van der Waals surface area contributed by atoms with Crippen molar-refractivity contribution >= 4 is 11.9 Å². The van der Waals surface area contributed by atoms with Crippen molar-refractivity contribution in [3.05, 3.63) is 47.7 Å². The molecule has 4 heterocycles. The van der Waals surface area contributed by atoms with Gasteiger partial charge in [-0.1, -0.05) is 0 Å². The fraction of sp³-hybridized carbons (Fsp3) is 0.435. The summed E-state index contributed by atoms with van der Waals surface area (Å²) in [5.74, 6) is 1.76. The molecule has 0 radical (unpaired) electrons. The Bertz CT molecular complexity index is 1100. The van der Waals surface area contributed by atoms with Gasteiger partial charge in [0.1, 0.15) is 5.76 Å². The van der Waals surface area contributed by atoms with Crippen molar-refractivity contribution in [2.45, 2.75) is 38.6 Å². The highest BCUT2D eigenvalue weighted by molar-refractivity contribution is 5.78. The van der Waals surface area contributed by atoms with Crippen LogP contribution in [0.5, 0.6) is 5.88 Å². The number of aryl methyl sites for hydroxylation is 2. The normalized spacial score (nSPS) is 15.8. The van der Waals surface area contributed by atoms with Gasteiger partial charge in [-0.3, -0.25) is 9.78 Å². The predicted octanol–water partition coefficient (Wildman–Crippen LogP) is 3.21. The second-order valence-electron chi connectivity index (χ2n) is 8.13. The summed E-state index contributed by atoms with van der Waals surface area (Å²) in [4.78, 5) is 30.6. The van der Waals surface area contributed by atoms with E-state index in [0.29, 0.717) is 37.0 Å².